The SMILES string of the molecule is CC(C)S(=O)(=O)[C@H]1CCCN1CN. The molecule has 0 aromatic rings. The van der Waals surface area contributed by atoms with E-state index in [9.17, 15) is 8.42 Å². The maximum absolute atomic E-state index is 11.8. The third-order valence-electron chi connectivity index (χ3n) is 2.57. The summed E-state index contributed by atoms with van der Waals surface area (Å²) in [5.74, 6) is 0. The van der Waals surface area contributed by atoms with Crippen molar-refractivity contribution in [3.05, 3.63) is 0 Å². The molecule has 1 rings (SSSR count). The molecule has 0 saturated carbocycles. The molecular weight excluding hydrogens is 188 g/mol. The molecule has 0 aliphatic carbocycles. The van der Waals surface area contributed by atoms with Crippen molar-refractivity contribution in [3.63, 3.8) is 0 Å². The quantitative estimate of drug-likeness (QED) is 0.714. The molecule has 0 aromatic carbocycles. The van der Waals surface area contributed by atoms with Crippen LogP contribution in [0.25, 0.3) is 0 Å². The molecule has 1 heterocycles. The van der Waals surface area contributed by atoms with Gasteiger partial charge in [0.15, 0.2) is 9.84 Å². The highest BCUT2D eigenvalue weighted by Crippen LogP contribution is 2.23. The summed E-state index contributed by atoms with van der Waals surface area (Å²) in [6.07, 6.45) is 1.67. The number of nitrogens with two attached hydrogens (primary N) is 1. The highest BCUT2D eigenvalue weighted by atomic mass is 32.2. The maximum Gasteiger partial charge on any atom is 0.168 e. The first kappa shape index (κ1) is 10.9. The van der Waals surface area contributed by atoms with Gasteiger partial charge in [0, 0.05) is 13.2 Å². The zero-order chi connectivity index (χ0) is 10.1. The van der Waals surface area contributed by atoms with Gasteiger partial charge >= 0.3 is 0 Å². The molecule has 1 aliphatic heterocycles. The van der Waals surface area contributed by atoms with Gasteiger partial charge in [-0.3, -0.25) is 4.90 Å². The molecule has 0 amide bonds. The number of hydrogen-bond donors (Lipinski definition) is 1. The largest absolute Gasteiger partial charge is 0.318 e. The molecule has 0 bridgehead atoms. The minimum Gasteiger partial charge on any atom is -0.318 e. The van der Waals surface area contributed by atoms with E-state index in [1.54, 1.807) is 13.8 Å². The predicted octanol–water partition coefficient (Wildman–Crippen LogP) is 0.148. The highest BCUT2D eigenvalue weighted by Gasteiger charge is 2.36. The first-order valence-electron chi connectivity index (χ1n) is 4.67. The second-order valence-electron chi connectivity index (χ2n) is 3.73. The molecule has 1 saturated heterocycles. The number of hydrogen-bond acceptors (Lipinski definition) is 4. The topological polar surface area (TPSA) is 63.4 Å². The van der Waals surface area contributed by atoms with Gasteiger partial charge in [-0.05, 0) is 26.7 Å². The Kier molecular flexibility index (Phi) is 3.32. The standard InChI is InChI=1S/C8H18N2O2S/c1-7(2)13(11,12)8-4-3-5-10(8)6-9/h7-8H,3-6,9H2,1-2H3/t8-/m0/s1. The Morgan fingerprint density at radius 3 is 2.62 bits per heavy atom. The minimum atomic E-state index is -2.99. The molecule has 0 aromatic heterocycles. The monoisotopic (exact) mass is 206 g/mol. The van der Waals surface area contributed by atoms with Crippen LogP contribution in [-0.2, 0) is 9.84 Å². The van der Waals surface area contributed by atoms with Crippen LogP contribution in [0.2, 0.25) is 0 Å². The lowest BCUT2D eigenvalue weighted by Crippen LogP contribution is -2.42. The van der Waals surface area contributed by atoms with Crippen molar-refractivity contribution in [2.45, 2.75) is 37.3 Å². The molecule has 5 heteroatoms. The average molecular weight is 206 g/mol. The van der Waals surface area contributed by atoms with E-state index in [1.807, 2.05) is 4.90 Å². The van der Waals surface area contributed by atoms with Crippen molar-refractivity contribution in [1.82, 2.24) is 4.90 Å². The molecule has 0 radical (unpaired) electrons. The molecule has 2 N–H and O–H groups in total. The Labute approximate surface area is 80.0 Å². The fourth-order valence-corrected chi connectivity index (χ4v) is 3.42. The van der Waals surface area contributed by atoms with Gasteiger partial charge in [0.1, 0.15) is 5.37 Å². The van der Waals surface area contributed by atoms with Crippen LogP contribution in [0.5, 0.6) is 0 Å². The number of sulfone groups is 1. The van der Waals surface area contributed by atoms with Gasteiger partial charge in [-0.15, -0.1) is 0 Å². The Morgan fingerprint density at radius 2 is 2.15 bits per heavy atom. The second kappa shape index (κ2) is 3.94. The molecule has 1 fully saturated rings. The zero-order valence-electron chi connectivity index (χ0n) is 8.23. The van der Waals surface area contributed by atoms with Gasteiger partial charge in [-0.25, -0.2) is 8.42 Å². The lowest BCUT2D eigenvalue weighted by molar-refractivity contribution is 0.314. The van der Waals surface area contributed by atoms with Gasteiger partial charge in [0.2, 0.25) is 0 Å². The number of likely N-dealkylation sites (tertiary alicyclic amines) is 1. The minimum absolute atomic E-state index is 0.301. The summed E-state index contributed by atoms with van der Waals surface area (Å²) in [6, 6.07) is 0. The van der Waals surface area contributed by atoms with E-state index in [-0.39, 0.29) is 10.6 Å². The van der Waals surface area contributed by atoms with Crippen LogP contribution in [0.4, 0.5) is 0 Å². The van der Waals surface area contributed by atoms with Crippen LogP contribution in [0.3, 0.4) is 0 Å². The Morgan fingerprint density at radius 1 is 1.54 bits per heavy atom. The maximum atomic E-state index is 11.8. The molecule has 0 unspecified atom stereocenters. The fraction of sp³-hybridized carbons (Fsp3) is 1.00. The first-order chi connectivity index (χ1) is 6.00. The van der Waals surface area contributed by atoms with Crippen LogP contribution < -0.4 is 5.73 Å². The predicted molar refractivity (Wildman–Crippen MR) is 52.8 cm³/mol. The Hall–Kier alpha value is -0.130. The Bertz CT molecular complexity index is 261. The van der Waals surface area contributed by atoms with Crippen LogP contribution in [0.15, 0.2) is 0 Å². The van der Waals surface area contributed by atoms with E-state index in [2.05, 4.69) is 0 Å². The van der Waals surface area contributed by atoms with Crippen LogP contribution in [-0.4, -0.2) is 37.2 Å². The summed E-state index contributed by atoms with van der Waals surface area (Å²) in [6.45, 7) is 4.61. The lowest BCUT2D eigenvalue weighted by atomic mass is 10.4. The highest BCUT2D eigenvalue weighted by molar-refractivity contribution is 7.92. The van der Waals surface area contributed by atoms with Gasteiger partial charge in [-0.1, -0.05) is 0 Å². The van der Waals surface area contributed by atoms with Crippen molar-refractivity contribution in [1.29, 1.82) is 0 Å². The third-order valence-corrected chi connectivity index (χ3v) is 5.18. The van der Waals surface area contributed by atoms with Crippen molar-refractivity contribution in [2.75, 3.05) is 13.2 Å². The molecule has 4 nitrogen and oxygen atoms in total. The molecule has 1 atom stereocenters. The molecule has 0 spiro atoms. The average Bonchev–Trinajstić information content (AvgIpc) is 2.51. The number of nitrogens with zero attached hydrogens (tertiary/aromatic N) is 1. The molecule has 78 valence electrons. The Balaban J connectivity index is 2.82. The summed E-state index contributed by atoms with van der Waals surface area (Å²) in [7, 11) is -2.99. The van der Waals surface area contributed by atoms with Crippen molar-refractivity contribution in [3.8, 4) is 0 Å². The first-order valence-corrected chi connectivity index (χ1v) is 6.28. The smallest absolute Gasteiger partial charge is 0.168 e. The van der Waals surface area contributed by atoms with Gasteiger partial charge in [0.25, 0.3) is 0 Å². The summed E-state index contributed by atoms with van der Waals surface area (Å²) in [5.41, 5.74) is 5.48. The van der Waals surface area contributed by atoms with E-state index in [4.69, 9.17) is 5.73 Å². The van der Waals surface area contributed by atoms with Crippen LogP contribution in [0.1, 0.15) is 26.7 Å². The van der Waals surface area contributed by atoms with E-state index in [0.717, 1.165) is 19.4 Å². The van der Waals surface area contributed by atoms with E-state index in [1.165, 1.54) is 0 Å². The van der Waals surface area contributed by atoms with Crippen LogP contribution >= 0.6 is 0 Å². The molecular formula is C8H18N2O2S. The van der Waals surface area contributed by atoms with Crippen molar-refractivity contribution >= 4 is 9.84 Å². The van der Waals surface area contributed by atoms with Gasteiger partial charge in [-0.2, -0.15) is 0 Å². The molecule has 13 heavy (non-hydrogen) atoms. The summed E-state index contributed by atoms with van der Waals surface area (Å²) in [5, 5.41) is -0.637. The van der Waals surface area contributed by atoms with Gasteiger partial charge in [0.05, 0.1) is 5.25 Å². The van der Waals surface area contributed by atoms with Crippen molar-refractivity contribution in [2.24, 2.45) is 5.73 Å². The lowest BCUT2D eigenvalue weighted by Gasteiger charge is -2.24. The summed E-state index contributed by atoms with van der Waals surface area (Å²) < 4.78 is 23.6. The third kappa shape index (κ3) is 2.03. The van der Waals surface area contributed by atoms with E-state index >= 15 is 0 Å². The zero-order valence-corrected chi connectivity index (χ0v) is 9.05. The van der Waals surface area contributed by atoms with Crippen molar-refractivity contribution < 1.29 is 8.42 Å². The fourth-order valence-electron chi connectivity index (χ4n) is 1.69. The van der Waals surface area contributed by atoms with E-state index < -0.39 is 9.84 Å². The summed E-state index contributed by atoms with van der Waals surface area (Å²) in [4.78, 5) is 1.84. The van der Waals surface area contributed by atoms with Crippen LogP contribution in [0, 0.1) is 0 Å². The summed E-state index contributed by atoms with van der Waals surface area (Å²) >= 11 is 0. The van der Waals surface area contributed by atoms with Gasteiger partial charge < -0.3 is 5.73 Å². The number of rotatable bonds is 3. The molecule has 1 aliphatic rings. The normalized spacial score (nSPS) is 25.7. The van der Waals surface area contributed by atoms with E-state index in [0.29, 0.717) is 6.67 Å². The second-order valence-corrected chi connectivity index (χ2v) is 6.39.